The first-order valence-corrected chi connectivity index (χ1v) is 6.56. The highest BCUT2D eigenvalue weighted by Crippen LogP contribution is 2.26. The topological polar surface area (TPSA) is 81.6 Å². The van der Waals surface area contributed by atoms with E-state index in [2.05, 4.69) is 4.90 Å². The second-order valence-electron chi connectivity index (χ2n) is 4.73. The van der Waals surface area contributed by atoms with Gasteiger partial charge in [0.15, 0.2) is 0 Å². The van der Waals surface area contributed by atoms with Gasteiger partial charge in [0.1, 0.15) is 5.75 Å². The number of hydrogen-bond acceptors (Lipinski definition) is 5. The molecule has 1 aliphatic heterocycles. The summed E-state index contributed by atoms with van der Waals surface area (Å²) in [4.78, 5) is 12.6. The molecule has 1 saturated heterocycles. The summed E-state index contributed by atoms with van der Waals surface area (Å²) in [6.07, 6.45) is 3.46. The van der Waals surface area contributed by atoms with Crippen LogP contribution in [0.15, 0.2) is 18.2 Å². The van der Waals surface area contributed by atoms with Crippen LogP contribution in [0.5, 0.6) is 5.75 Å². The predicted octanol–water partition coefficient (Wildman–Crippen LogP) is 2.04. The third kappa shape index (κ3) is 3.82. The number of likely N-dealkylation sites (tertiary alicyclic amines) is 1. The van der Waals surface area contributed by atoms with Gasteiger partial charge in [0.25, 0.3) is 5.69 Å². The van der Waals surface area contributed by atoms with E-state index in [9.17, 15) is 10.1 Å². The van der Waals surface area contributed by atoms with Crippen LogP contribution in [0.2, 0.25) is 0 Å². The Kier molecular flexibility index (Phi) is 4.57. The van der Waals surface area contributed by atoms with E-state index in [0.29, 0.717) is 18.0 Å². The number of hydrogen-bond donors (Lipinski definition) is 1. The minimum Gasteiger partial charge on any atom is -0.491 e. The number of rotatable bonds is 6. The van der Waals surface area contributed by atoms with Gasteiger partial charge in [-0.15, -0.1) is 0 Å². The molecule has 0 unspecified atom stereocenters. The highest BCUT2D eigenvalue weighted by Gasteiger charge is 2.12. The fourth-order valence-electron chi connectivity index (χ4n) is 2.24. The number of non-ortho nitro benzene ring substituents is 1. The van der Waals surface area contributed by atoms with E-state index in [1.807, 2.05) is 0 Å². The molecule has 0 aromatic heterocycles. The number of nitrogens with zero attached hydrogens (tertiary/aromatic N) is 2. The van der Waals surface area contributed by atoms with Gasteiger partial charge in [-0.25, -0.2) is 0 Å². The summed E-state index contributed by atoms with van der Waals surface area (Å²) in [6, 6.07) is 4.27. The van der Waals surface area contributed by atoms with Gasteiger partial charge >= 0.3 is 0 Å². The first-order chi connectivity index (χ1) is 9.16. The van der Waals surface area contributed by atoms with Crippen molar-refractivity contribution in [1.82, 2.24) is 4.90 Å². The standard InChI is InChI=1S/C13H19N3O3/c14-12-5-4-11(16(17)18)10-13(12)19-9-3-8-15-6-1-2-7-15/h4-5,10H,1-3,6-9,14H2. The lowest BCUT2D eigenvalue weighted by molar-refractivity contribution is -0.384. The Balaban J connectivity index is 1.81. The fraction of sp³-hybridized carbons (Fsp3) is 0.538. The number of anilines is 1. The summed E-state index contributed by atoms with van der Waals surface area (Å²) < 4.78 is 5.53. The average molecular weight is 265 g/mol. The normalized spacial score (nSPS) is 15.6. The van der Waals surface area contributed by atoms with Gasteiger partial charge in [0.2, 0.25) is 0 Å². The second-order valence-corrected chi connectivity index (χ2v) is 4.73. The van der Waals surface area contributed by atoms with Gasteiger partial charge in [-0.2, -0.15) is 0 Å². The first kappa shape index (κ1) is 13.6. The van der Waals surface area contributed by atoms with Crippen molar-refractivity contribution in [2.24, 2.45) is 0 Å². The van der Waals surface area contributed by atoms with Crippen LogP contribution in [0.25, 0.3) is 0 Å². The molecule has 1 heterocycles. The molecule has 0 spiro atoms. The van der Waals surface area contributed by atoms with E-state index in [0.717, 1.165) is 13.0 Å². The van der Waals surface area contributed by atoms with Crippen molar-refractivity contribution in [3.05, 3.63) is 28.3 Å². The number of ether oxygens (including phenoxy) is 1. The summed E-state index contributed by atoms with van der Waals surface area (Å²) >= 11 is 0. The van der Waals surface area contributed by atoms with E-state index in [1.54, 1.807) is 0 Å². The van der Waals surface area contributed by atoms with Crippen molar-refractivity contribution in [3.8, 4) is 5.75 Å². The monoisotopic (exact) mass is 265 g/mol. The molecule has 19 heavy (non-hydrogen) atoms. The Morgan fingerprint density at radius 3 is 2.79 bits per heavy atom. The molecule has 2 N–H and O–H groups in total. The molecule has 1 fully saturated rings. The molecule has 0 atom stereocenters. The molecule has 0 bridgehead atoms. The lowest BCUT2D eigenvalue weighted by Crippen LogP contribution is -2.22. The van der Waals surface area contributed by atoms with Crippen molar-refractivity contribution in [1.29, 1.82) is 0 Å². The van der Waals surface area contributed by atoms with Crippen LogP contribution < -0.4 is 10.5 Å². The molecular weight excluding hydrogens is 246 g/mol. The summed E-state index contributed by atoms with van der Waals surface area (Å²) in [5.41, 5.74) is 6.18. The molecular formula is C13H19N3O3. The van der Waals surface area contributed by atoms with Crippen LogP contribution in [0, 0.1) is 10.1 Å². The van der Waals surface area contributed by atoms with Gasteiger partial charge in [0, 0.05) is 12.6 Å². The zero-order valence-electron chi connectivity index (χ0n) is 10.9. The third-order valence-corrected chi connectivity index (χ3v) is 3.28. The molecule has 0 aliphatic carbocycles. The highest BCUT2D eigenvalue weighted by molar-refractivity contribution is 5.57. The van der Waals surface area contributed by atoms with Crippen LogP contribution in [-0.2, 0) is 0 Å². The number of nitrogens with two attached hydrogens (primary N) is 1. The molecule has 2 rings (SSSR count). The lowest BCUT2D eigenvalue weighted by atomic mass is 10.2. The molecule has 0 saturated carbocycles. The van der Waals surface area contributed by atoms with Crippen molar-refractivity contribution in [3.63, 3.8) is 0 Å². The number of nitro groups is 1. The van der Waals surface area contributed by atoms with Crippen molar-refractivity contribution >= 4 is 11.4 Å². The Morgan fingerprint density at radius 2 is 2.11 bits per heavy atom. The summed E-state index contributed by atoms with van der Waals surface area (Å²) in [5, 5.41) is 10.7. The minimum absolute atomic E-state index is 0.00347. The molecule has 1 aromatic rings. The van der Waals surface area contributed by atoms with E-state index in [1.165, 1.54) is 44.1 Å². The quantitative estimate of drug-likeness (QED) is 0.368. The van der Waals surface area contributed by atoms with E-state index in [4.69, 9.17) is 10.5 Å². The lowest BCUT2D eigenvalue weighted by Gasteiger charge is -2.14. The van der Waals surface area contributed by atoms with Crippen LogP contribution in [-0.4, -0.2) is 36.1 Å². The summed E-state index contributed by atoms with van der Waals surface area (Å²) in [6.45, 7) is 3.87. The first-order valence-electron chi connectivity index (χ1n) is 6.56. The fourth-order valence-corrected chi connectivity index (χ4v) is 2.24. The predicted molar refractivity (Wildman–Crippen MR) is 73.3 cm³/mol. The molecule has 1 aromatic carbocycles. The Bertz CT molecular complexity index is 445. The second kappa shape index (κ2) is 6.38. The number of nitro benzene ring substituents is 1. The van der Waals surface area contributed by atoms with E-state index in [-0.39, 0.29) is 5.69 Å². The SMILES string of the molecule is Nc1ccc([N+](=O)[O-])cc1OCCCN1CCCC1. The van der Waals surface area contributed by atoms with E-state index >= 15 is 0 Å². The maximum atomic E-state index is 10.7. The van der Waals surface area contributed by atoms with Gasteiger partial charge in [-0.3, -0.25) is 10.1 Å². The van der Waals surface area contributed by atoms with E-state index < -0.39 is 4.92 Å². The maximum absolute atomic E-state index is 10.7. The molecule has 6 nitrogen and oxygen atoms in total. The van der Waals surface area contributed by atoms with Crippen LogP contribution in [0.1, 0.15) is 19.3 Å². The Morgan fingerprint density at radius 1 is 1.37 bits per heavy atom. The Hall–Kier alpha value is -1.82. The van der Waals surface area contributed by atoms with Gasteiger partial charge in [-0.05, 0) is 38.4 Å². The molecule has 0 amide bonds. The summed E-state index contributed by atoms with van der Waals surface area (Å²) in [7, 11) is 0. The van der Waals surface area contributed by atoms with Gasteiger partial charge < -0.3 is 15.4 Å². The van der Waals surface area contributed by atoms with Crippen LogP contribution in [0.3, 0.4) is 0 Å². The van der Waals surface area contributed by atoms with Crippen molar-refractivity contribution in [2.75, 3.05) is 32.0 Å². The van der Waals surface area contributed by atoms with Crippen LogP contribution >= 0.6 is 0 Å². The van der Waals surface area contributed by atoms with Crippen LogP contribution in [0.4, 0.5) is 11.4 Å². The molecule has 104 valence electrons. The molecule has 0 radical (unpaired) electrons. The van der Waals surface area contributed by atoms with Gasteiger partial charge in [-0.1, -0.05) is 0 Å². The highest BCUT2D eigenvalue weighted by atomic mass is 16.6. The Labute approximate surface area is 112 Å². The largest absolute Gasteiger partial charge is 0.491 e. The zero-order chi connectivity index (χ0) is 13.7. The average Bonchev–Trinajstić information content (AvgIpc) is 2.89. The zero-order valence-corrected chi connectivity index (χ0v) is 10.9. The minimum atomic E-state index is -0.448. The maximum Gasteiger partial charge on any atom is 0.273 e. The molecule has 1 aliphatic rings. The third-order valence-electron chi connectivity index (χ3n) is 3.28. The molecule has 6 heteroatoms. The van der Waals surface area contributed by atoms with Crippen molar-refractivity contribution in [2.45, 2.75) is 19.3 Å². The summed E-state index contributed by atoms with van der Waals surface area (Å²) in [5.74, 6) is 0.399. The van der Waals surface area contributed by atoms with Gasteiger partial charge in [0.05, 0.1) is 23.3 Å². The smallest absolute Gasteiger partial charge is 0.273 e. The number of benzene rings is 1. The van der Waals surface area contributed by atoms with Crippen molar-refractivity contribution < 1.29 is 9.66 Å². The number of nitrogen functional groups attached to an aromatic ring is 1.